The van der Waals surface area contributed by atoms with Crippen LogP contribution in [0.5, 0.6) is 0 Å². The monoisotopic (exact) mass is 225 g/mol. The van der Waals surface area contributed by atoms with E-state index < -0.39 is 0 Å². The number of aromatic nitrogens is 1. The van der Waals surface area contributed by atoms with Crippen molar-refractivity contribution in [1.29, 1.82) is 0 Å². The van der Waals surface area contributed by atoms with E-state index in [-0.39, 0.29) is 11.8 Å². The molecule has 1 aromatic rings. The van der Waals surface area contributed by atoms with Crippen LogP contribution in [0.15, 0.2) is 5.38 Å². The third kappa shape index (κ3) is 2.76. The fraction of sp³-hybridized carbons (Fsp3) is 0.600. The fourth-order valence-electron chi connectivity index (χ4n) is 1.69. The number of hydrogen-bond donors (Lipinski definition) is 2. The Morgan fingerprint density at radius 3 is 3.27 bits per heavy atom. The van der Waals surface area contributed by atoms with Crippen LogP contribution in [0.25, 0.3) is 0 Å². The molecule has 2 N–H and O–H groups in total. The quantitative estimate of drug-likeness (QED) is 0.795. The maximum Gasteiger partial charge on any atom is 0.224 e. The van der Waals surface area contributed by atoms with E-state index in [0.29, 0.717) is 6.54 Å². The third-order valence-electron chi connectivity index (χ3n) is 2.54. The van der Waals surface area contributed by atoms with Crippen molar-refractivity contribution in [3.05, 3.63) is 16.1 Å². The van der Waals surface area contributed by atoms with Gasteiger partial charge in [0.15, 0.2) is 0 Å². The molecule has 1 atom stereocenters. The average Bonchev–Trinajstić information content (AvgIpc) is 2.84. The Kier molecular flexibility index (Phi) is 3.33. The van der Waals surface area contributed by atoms with Crippen molar-refractivity contribution in [1.82, 2.24) is 15.6 Å². The molecular weight excluding hydrogens is 210 g/mol. The summed E-state index contributed by atoms with van der Waals surface area (Å²) in [6.07, 6.45) is 0.946. The second-order valence-corrected chi connectivity index (χ2v) is 4.83. The third-order valence-corrected chi connectivity index (χ3v) is 3.36. The molecule has 1 saturated heterocycles. The van der Waals surface area contributed by atoms with Crippen molar-refractivity contribution in [2.75, 3.05) is 13.1 Å². The molecule has 0 aromatic carbocycles. The Hall–Kier alpha value is -0.940. The number of carbonyl (C=O) groups excluding carboxylic acids is 1. The van der Waals surface area contributed by atoms with E-state index >= 15 is 0 Å². The van der Waals surface area contributed by atoms with Crippen LogP contribution < -0.4 is 10.6 Å². The normalized spacial score (nSPS) is 20.5. The van der Waals surface area contributed by atoms with E-state index in [9.17, 15) is 4.79 Å². The molecule has 1 amide bonds. The lowest BCUT2D eigenvalue weighted by molar-refractivity contribution is -0.124. The first-order chi connectivity index (χ1) is 7.25. The number of nitrogens with one attached hydrogen (secondary N) is 2. The number of nitrogens with zero attached hydrogens (tertiary/aromatic N) is 1. The molecule has 2 rings (SSSR count). The van der Waals surface area contributed by atoms with Gasteiger partial charge in [-0.25, -0.2) is 4.98 Å². The Bertz CT molecular complexity index is 344. The van der Waals surface area contributed by atoms with Crippen molar-refractivity contribution < 1.29 is 4.79 Å². The van der Waals surface area contributed by atoms with Crippen LogP contribution >= 0.6 is 11.3 Å². The lowest BCUT2D eigenvalue weighted by atomic mass is 10.1. The van der Waals surface area contributed by atoms with Gasteiger partial charge in [0.05, 0.1) is 23.2 Å². The molecule has 0 aliphatic carbocycles. The first-order valence-corrected chi connectivity index (χ1v) is 6.03. The maximum absolute atomic E-state index is 11.6. The summed E-state index contributed by atoms with van der Waals surface area (Å²) in [6, 6.07) is 0. The first-order valence-electron chi connectivity index (χ1n) is 5.15. The van der Waals surface area contributed by atoms with E-state index in [2.05, 4.69) is 15.6 Å². The highest BCUT2D eigenvalue weighted by Crippen LogP contribution is 2.09. The van der Waals surface area contributed by atoms with Gasteiger partial charge in [-0.15, -0.1) is 11.3 Å². The number of rotatable bonds is 3. The number of carbonyl (C=O) groups is 1. The zero-order valence-electron chi connectivity index (χ0n) is 8.75. The molecule has 1 unspecified atom stereocenters. The minimum Gasteiger partial charge on any atom is -0.350 e. The molecule has 2 heterocycles. The van der Waals surface area contributed by atoms with Crippen molar-refractivity contribution in [3.8, 4) is 0 Å². The molecule has 5 heteroatoms. The summed E-state index contributed by atoms with van der Waals surface area (Å²) in [7, 11) is 0. The summed E-state index contributed by atoms with van der Waals surface area (Å²) in [5, 5.41) is 9.13. The van der Waals surface area contributed by atoms with Gasteiger partial charge in [-0.05, 0) is 19.9 Å². The van der Waals surface area contributed by atoms with Gasteiger partial charge in [-0.1, -0.05) is 0 Å². The minimum absolute atomic E-state index is 0.143. The van der Waals surface area contributed by atoms with E-state index in [1.165, 1.54) is 0 Å². The number of hydrogen-bond acceptors (Lipinski definition) is 4. The van der Waals surface area contributed by atoms with Gasteiger partial charge in [-0.2, -0.15) is 0 Å². The second-order valence-electron chi connectivity index (χ2n) is 3.77. The van der Waals surface area contributed by atoms with Gasteiger partial charge in [0, 0.05) is 11.9 Å². The van der Waals surface area contributed by atoms with E-state index in [4.69, 9.17) is 0 Å². The van der Waals surface area contributed by atoms with Gasteiger partial charge in [0.25, 0.3) is 0 Å². The first kappa shape index (κ1) is 10.6. The summed E-state index contributed by atoms with van der Waals surface area (Å²) >= 11 is 1.61. The Balaban J connectivity index is 1.80. The van der Waals surface area contributed by atoms with Crippen LogP contribution in [0.2, 0.25) is 0 Å². The zero-order valence-corrected chi connectivity index (χ0v) is 9.56. The highest BCUT2D eigenvalue weighted by Gasteiger charge is 2.21. The predicted octanol–water partition coefficient (Wildman–Crippen LogP) is 0.677. The predicted molar refractivity (Wildman–Crippen MR) is 59.7 cm³/mol. The van der Waals surface area contributed by atoms with Crippen molar-refractivity contribution in [2.24, 2.45) is 5.92 Å². The molecule has 1 fully saturated rings. The average molecular weight is 225 g/mol. The molecule has 15 heavy (non-hydrogen) atoms. The molecular formula is C10H15N3OS. The highest BCUT2D eigenvalue weighted by molar-refractivity contribution is 7.09. The molecule has 1 aliphatic heterocycles. The van der Waals surface area contributed by atoms with Crippen LogP contribution in [-0.4, -0.2) is 24.0 Å². The zero-order chi connectivity index (χ0) is 10.7. The summed E-state index contributed by atoms with van der Waals surface area (Å²) in [4.78, 5) is 15.9. The summed E-state index contributed by atoms with van der Waals surface area (Å²) in [5.41, 5.74) is 0.955. The SMILES string of the molecule is Cc1nc(CNC(=O)C2CCNC2)cs1. The number of thiazole rings is 1. The lowest BCUT2D eigenvalue weighted by Gasteiger charge is -2.08. The van der Waals surface area contributed by atoms with Gasteiger partial charge in [0.1, 0.15) is 0 Å². The molecule has 1 aliphatic rings. The summed E-state index contributed by atoms with van der Waals surface area (Å²) in [5.74, 6) is 0.287. The standard InChI is InChI=1S/C10H15N3OS/c1-7-13-9(6-15-7)5-12-10(14)8-2-3-11-4-8/h6,8,11H,2-5H2,1H3,(H,12,14). The second kappa shape index (κ2) is 4.72. The van der Waals surface area contributed by atoms with Crippen molar-refractivity contribution in [2.45, 2.75) is 19.9 Å². The Morgan fingerprint density at radius 1 is 1.80 bits per heavy atom. The fourth-order valence-corrected chi connectivity index (χ4v) is 2.30. The van der Waals surface area contributed by atoms with Gasteiger partial charge < -0.3 is 10.6 Å². The van der Waals surface area contributed by atoms with Crippen molar-refractivity contribution >= 4 is 17.2 Å². The minimum atomic E-state index is 0.143. The molecule has 0 radical (unpaired) electrons. The van der Waals surface area contributed by atoms with Crippen molar-refractivity contribution in [3.63, 3.8) is 0 Å². The van der Waals surface area contributed by atoms with Crippen LogP contribution in [0.3, 0.4) is 0 Å². The lowest BCUT2D eigenvalue weighted by Crippen LogP contribution is -2.31. The molecule has 0 saturated carbocycles. The highest BCUT2D eigenvalue weighted by atomic mass is 32.1. The number of aryl methyl sites for hydroxylation is 1. The van der Waals surface area contributed by atoms with E-state index in [1.807, 2.05) is 12.3 Å². The van der Waals surface area contributed by atoms with Crippen LogP contribution in [0.4, 0.5) is 0 Å². The largest absolute Gasteiger partial charge is 0.350 e. The van der Waals surface area contributed by atoms with Crippen LogP contribution in [-0.2, 0) is 11.3 Å². The van der Waals surface area contributed by atoms with Gasteiger partial charge >= 0.3 is 0 Å². The maximum atomic E-state index is 11.6. The topological polar surface area (TPSA) is 54.0 Å². The molecule has 82 valence electrons. The summed E-state index contributed by atoms with van der Waals surface area (Å²) < 4.78 is 0. The van der Waals surface area contributed by atoms with E-state index in [1.54, 1.807) is 11.3 Å². The summed E-state index contributed by atoms with van der Waals surface area (Å²) in [6.45, 7) is 4.28. The van der Waals surface area contributed by atoms with E-state index in [0.717, 1.165) is 30.2 Å². The van der Waals surface area contributed by atoms with Gasteiger partial charge in [0.2, 0.25) is 5.91 Å². The Labute approximate surface area is 93.1 Å². The molecule has 1 aromatic heterocycles. The van der Waals surface area contributed by atoms with Crippen LogP contribution in [0, 0.1) is 12.8 Å². The molecule has 4 nitrogen and oxygen atoms in total. The Morgan fingerprint density at radius 2 is 2.67 bits per heavy atom. The molecule has 0 bridgehead atoms. The molecule has 0 spiro atoms. The number of amides is 1. The smallest absolute Gasteiger partial charge is 0.224 e. The van der Waals surface area contributed by atoms with Crippen LogP contribution in [0.1, 0.15) is 17.1 Å². The van der Waals surface area contributed by atoms with Gasteiger partial charge in [-0.3, -0.25) is 4.79 Å².